The van der Waals surface area contributed by atoms with Crippen LogP contribution in [-0.4, -0.2) is 23.7 Å². The first-order valence-corrected chi connectivity index (χ1v) is 8.92. The summed E-state index contributed by atoms with van der Waals surface area (Å²) in [4.78, 5) is 24.4. The molecule has 0 saturated carbocycles. The van der Waals surface area contributed by atoms with Gasteiger partial charge < -0.3 is 9.84 Å². The Balaban J connectivity index is 2.19. The fourth-order valence-corrected chi connectivity index (χ4v) is 4.06. The van der Waals surface area contributed by atoms with Gasteiger partial charge in [0.25, 0.3) is 0 Å². The Morgan fingerprint density at radius 3 is 2.44 bits per heavy atom. The number of thiophene rings is 1. The van der Waals surface area contributed by atoms with Gasteiger partial charge in [-0.2, -0.15) is 0 Å². The Morgan fingerprint density at radius 2 is 1.76 bits per heavy atom. The van der Waals surface area contributed by atoms with Crippen LogP contribution >= 0.6 is 11.3 Å². The first-order chi connectivity index (χ1) is 12.1. The molecule has 0 saturated heterocycles. The molecule has 0 aliphatic carbocycles. The number of carboxylic acids is 1. The molecule has 2 unspecified atom stereocenters. The molecule has 0 aliphatic heterocycles. The number of rotatable bonds is 6. The van der Waals surface area contributed by atoms with Crippen molar-refractivity contribution in [3.63, 3.8) is 0 Å². The number of carboxylic acid groups (broad SMARTS) is 1. The molecule has 25 heavy (non-hydrogen) atoms. The zero-order chi connectivity index (χ0) is 17.8. The fourth-order valence-electron chi connectivity index (χ4n) is 3.06. The van der Waals surface area contributed by atoms with Gasteiger partial charge in [-0.15, -0.1) is 11.3 Å². The lowest BCUT2D eigenvalue weighted by atomic mass is 9.80. The van der Waals surface area contributed by atoms with Gasteiger partial charge in [0.15, 0.2) is 5.92 Å². The van der Waals surface area contributed by atoms with Crippen LogP contribution in [0.15, 0.2) is 60.0 Å². The summed E-state index contributed by atoms with van der Waals surface area (Å²) < 4.78 is 6.12. The van der Waals surface area contributed by atoms with Crippen molar-refractivity contribution in [1.29, 1.82) is 0 Å². The van der Waals surface area contributed by atoms with Crippen molar-refractivity contribution < 1.29 is 19.4 Å². The molecule has 1 aromatic heterocycles. The van der Waals surface area contributed by atoms with Gasteiger partial charge >= 0.3 is 11.9 Å². The van der Waals surface area contributed by atoms with Gasteiger partial charge in [-0.1, -0.05) is 48.5 Å². The summed E-state index contributed by atoms with van der Waals surface area (Å²) in [7, 11) is 0. The van der Waals surface area contributed by atoms with Gasteiger partial charge in [-0.25, -0.2) is 0 Å². The van der Waals surface area contributed by atoms with Crippen LogP contribution in [0.25, 0.3) is 10.1 Å². The van der Waals surface area contributed by atoms with Crippen LogP contribution in [0, 0.1) is 5.92 Å². The minimum Gasteiger partial charge on any atom is -0.481 e. The van der Waals surface area contributed by atoms with Gasteiger partial charge in [0.05, 0.1) is 6.61 Å². The molecule has 128 valence electrons. The summed E-state index contributed by atoms with van der Waals surface area (Å²) in [5.74, 6) is -3.78. The maximum atomic E-state index is 12.4. The third-order valence-corrected chi connectivity index (χ3v) is 5.13. The second kappa shape index (κ2) is 7.49. The third kappa shape index (κ3) is 3.42. The molecule has 5 heteroatoms. The van der Waals surface area contributed by atoms with Crippen LogP contribution in [0.1, 0.15) is 24.0 Å². The zero-order valence-corrected chi connectivity index (χ0v) is 14.5. The molecule has 1 heterocycles. The summed E-state index contributed by atoms with van der Waals surface area (Å²) in [5, 5.41) is 12.7. The summed E-state index contributed by atoms with van der Waals surface area (Å²) in [6.45, 7) is 1.82. The molecule has 0 bridgehead atoms. The van der Waals surface area contributed by atoms with Crippen LogP contribution in [-0.2, 0) is 14.3 Å². The second-order valence-corrected chi connectivity index (χ2v) is 6.55. The smallest absolute Gasteiger partial charge is 0.321 e. The summed E-state index contributed by atoms with van der Waals surface area (Å²) in [6, 6.07) is 17.1. The van der Waals surface area contributed by atoms with E-state index in [9.17, 15) is 14.7 Å². The molecule has 2 atom stereocenters. The first-order valence-electron chi connectivity index (χ1n) is 8.04. The SMILES string of the molecule is CCOC(=O)C(C(=O)O)C(c1ccccc1)c1csc2ccccc12. The Bertz CT molecular complexity index is 885. The normalized spacial score (nSPS) is 13.3. The van der Waals surface area contributed by atoms with Crippen molar-refractivity contribution in [3.8, 4) is 0 Å². The highest BCUT2D eigenvalue weighted by atomic mass is 32.1. The van der Waals surface area contributed by atoms with Gasteiger partial charge in [-0.05, 0) is 34.9 Å². The average molecular weight is 354 g/mol. The van der Waals surface area contributed by atoms with E-state index in [0.29, 0.717) is 0 Å². The highest BCUT2D eigenvalue weighted by Crippen LogP contribution is 2.40. The Labute approximate surface area is 149 Å². The van der Waals surface area contributed by atoms with Gasteiger partial charge in [0, 0.05) is 10.6 Å². The molecular weight excluding hydrogens is 336 g/mol. The Morgan fingerprint density at radius 1 is 1.08 bits per heavy atom. The number of fused-ring (bicyclic) bond motifs is 1. The standard InChI is InChI=1S/C20H18O4S/c1-2-24-20(23)18(19(21)22)17(13-8-4-3-5-9-13)15-12-25-16-11-7-6-10-14(15)16/h3-12,17-18H,2H2,1H3,(H,21,22). The maximum Gasteiger partial charge on any atom is 0.321 e. The van der Waals surface area contributed by atoms with Crippen LogP contribution in [0.4, 0.5) is 0 Å². The number of hydrogen-bond acceptors (Lipinski definition) is 4. The van der Waals surface area contributed by atoms with Crippen molar-refractivity contribution in [2.24, 2.45) is 5.92 Å². The maximum absolute atomic E-state index is 12.4. The zero-order valence-electron chi connectivity index (χ0n) is 13.7. The Hall–Kier alpha value is -2.66. The van der Waals surface area contributed by atoms with Crippen molar-refractivity contribution in [1.82, 2.24) is 0 Å². The second-order valence-electron chi connectivity index (χ2n) is 5.64. The van der Waals surface area contributed by atoms with E-state index in [-0.39, 0.29) is 6.61 Å². The monoisotopic (exact) mass is 354 g/mol. The quantitative estimate of drug-likeness (QED) is 0.530. The van der Waals surface area contributed by atoms with Crippen molar-refractivity contribution in [3.05, 3.63) is 71.1 Å². The number of carbonyl (C=O) groups excluding carboxylic acids is 1. The number of hydrogen-bond donors (Lipinski definition) is 1. The lowest BCUT2D eigenvalue weighted by molar-refractivity contribution is -0.159. The van der Waals surface area contributed by atoms with Crippen molar-refractivity contribution in [2.75, 3.05) is 6.61 Å². The lowest BCUT2D eigenvalue weighted by Crippen LogP contribution is -2.32. The van der Waals surface area contributed by atoms with E-state index in [1.807, 2.05) is 60.0 Å². The molecule has 0 fully saturated rings. The number of esters is 1. The largest absolute Gasteiger partial charge is 0.481 e. The molecule has 0 aliphatic rings. The molecule has 2 aromatic carbocycles. The average Bonchev–Trinajstić information content (AvgIpc) is 3.04. The molecular formula is C20H18O4S. The molecule has 3 aromatic rings. The van der Waals surface area contributed by atoms with E-state index in [2.05, 4.69) is 0 Å². The highest BCUT2D eigenvalue weighted by Gasteiger charge is 2.39. The summed E-state index contributed by atoms with van der Waals surface area (Å²) in [6.07, 6.45) is 0. The van der Waals surface area contributed by atoms with E-state index in [4.69, 9.17) is 4.74 Å². The number of ether oxygens (including phenoxy) is 1. The van der Waals surface area contributed by atoms with Gasteiger partial charge in [0.2, 0.25) is 0 Å². The molecule has 3 rings (SSSR count). The molecule has 1 N–H and O–H groups in total. The van der Waals surface area contributed by atoms with E-state index >= 15 is 0 Å². The van der Waals surface area contributed by atoms with E-state index in [1.54, 1.807) is 18.3 Å². The number of aliphatic carboxylic acids is 1. The highest BCUT2D eigenvalue weighted by molar-refractivity contribution is 7.17. The minimum absolute atomic E-state index is 0.147. The number of carbonyl (C=O) groups is 2. The first kappa shape index (κ1) is 17.2. The summed E-state index contributed by atoms with van der Waals surface area (Å²) >= 11 is 1.55. The van der Waals surface area contributed by atoms with Crippen molar-refractivity contribution >= 4 is 33.4 Å². The minimum atomic E-state index is -1.29. The molecule has 4 nitrogen and oxygen atoms in total. The van der Waals surface area contributed by atoms with Gasteiger partial charge in [-0.3, -0.25) is 9.59 Å². The molecule has 0 spiro atoms. The summed E-state index contributed by atoms with van der Waals surface area (Å²) in [5.41, 5.74) is 1.62. The van der Waals surface area contributed by atoms with Crippen LogP contribution in [0.5, 0.6) is 0 Å². The predicted octanol–water partition coefficient (Wildman–Crippen LogP) is 4.30. The van der Waals surface area contributed by atoms with Gasteiger partial charge in [0.1, 0.15) is 0 Å². The molecule has 0 radical (unpaired) electrons. The van der Waals surface area contributed by atoms with E-state index in [1.165, 1.54) is 0 Å². The van der Waals surface area contributed by atoms with Crippen LogP contribution < -0.4 is 0 Å². The number of benzene rings is 2. The lowest BCUT2D eigenvalue weighted by Gasteiger charge is -2.23. The topological polar surface area (TPSA) is 63.6 Å². The predicted molar refractivity (Wildman–Crippen MR) is 97.9 cm³/mol. The van der Waals surface area contributed by atoms with E-state index < -0.39 is 23.8 Å². The van der Waals surface area contributed by atoms with Crippen LogP contribution in [0.2, 0.25) is 0 Å². The third-order valence-electron chi connectivity index (χ3n) is 4.14. The van der Waals surface area contributed by atoms with E-state index in [0.717, 1.165) is 21.2 Å². The molecule has 0 amide bonds. The van der Waals surface area contributed by atoms with Crippen molar-refractivity contribution in [2.45, 2.75) is 12.8 Å². The van der Waals surface area contributed by atoms with Crippen LogP contribution in [0.3, 0.4) is 0 Å². The Kier molecular flexibility index (Phi) is 5.14. The fraction of sp³-hybridized carbons (Fsp3) is 0.200.